The zero-order valence-corrected chi connectivity index (χ0v) is 18.3. The van der Waals surface area contributed by atoms with Crippen molar-refractivity contribution in [2.24, 2.45) is 0 Å². The Hall–Kier alpha value is -2.38. The van der Waals surface area contributed by atoms with Crippen LogP contribution in [0.15, 0.2) is 41.3 Å². The summed E-state index contributed by atoms with van der Waals surface area (Å²) in [5.41, 5.74) is 3.89. The highest BCUT2D eigenvalue weighted by atomic mass is 32.2. The van der Waals surface area contributed by atoms with E-state index in [1.165, 1.54) is 30.4 Å². The molecule has 30 heavy (non-hydrogen) atoms. The molecule has 2 aliphatic rings. The van der Waals surface area contributed by atoms with E-state index >= 15 is 0 Å². The Kier molecular flexibility index (Phi) is 5.84. The van der Waals surface area contributed by atoms with Crippen molar-refractivity contribution < 1.29 is 17.9 Å². The first kappa shape index (κ1) is 20.9. The average Bonchev–Trinajstić information content (AvgIpc) is 3.43. The lowest BCUT2D eigenvalue weighted by Gasteiger charge is -2.19. The highest BCUT2D eigenvalue weighted by molar-refractivity contribution is 7.89. The number of carbonyl (C=O) groups is 1. The number of hydrogen-bond donors (Lipinski definition) is 1. The van der Waals surface area contributed by atoms with Gasteiger partial charge in [-0.3, -0.25) is 4.79 Å². The third-order valence-electron chi connectivity index (χ3n) is 6.06. The van der Waals surface area contributed by atoms with Crippen molar-refractivity contribution in [1.82, 2.24) is 9.62 Å². The summed E-state index contributed by atoms with van der Waals surface area (Å²) in [4.78, 5) is 14.7. The molecule has 0 saturated carbocycles. The van der Waals surface area contributed by atoms with Gasteiger partial charge in [-0.2, -0.15) is 0 Å². The Bertz CT molecular complexity index is 1060. The van der Waals surface area contributed by atoms with E-state index in [2.05, 4.69) is 16.9 Å². The predicted molar refractivity (Wildman–Crippen MR) is 115 cm³/mol. The molecule has 0 aromatic heterocycles. The number of amides is 1. The molecule has 1 saturated heterocycles. The van der Waals surface area contributed by atoms with Gasteiger partial charge in [0.2, 0.25) is 10.0 Å². The van der Waals surface area contributed by atoms with Crippen molar-refractivity contribution in [2.75, 3.05) is 20.2 Å². The number of fused-ring (bicyclic) bond motifs is 1. The van der Waals surface area contributed by atoms with Crippen LogP contribution in [0.1, 0.15) is 59.3 Å². The first-order valence-corrected chi connectivity index (χ1v) is 12.0. The largest absolute Gasteiger partial charge is 0.496 e. The van der Waals surface area contributed by atoms with E-state index in [1.807, 2.05) is 13.0 Å². The summed E-state index contributed by atoms with van der Waals surface area (Å²) in [6, 6.07) is 10.3. The topological polar surface area (TPSA) is 75.7 Å². The standard InChI is InChI=1S/C23H28N2O4S/c1-16(18-9-8-17-6-5-7-19(17)14-18)24-30(27,28)20-10-11-22(29-2)21(15-20)23(26)25-12-3-4-13-25/h8-11,14-16,24H,3-7,12-13H2,1-2H3/t16-/m1/s1. The lowest BCUT2D eigenvalue weighted by Crippen LogP contribution is -2.29. The van der Waals surface area contributed by atoms with Crippen LogP contribution in [0.25, 0.3) is 0 Å². The van der Waals surface area contributed by atoms with Gasteiger partial charge in [0, 0.05) is 19.1 Å². The molecule has 0 unspecified atom stereocenters. The Morgan fingerprint density at radius 1 is 1.03 bits per heavy atom. The van der Waals surface area contributed by atoms with Gasteiger partial charge in [-0.05, 0) is 73.9 Å². The summed E-state index contributed by atoms with van der Waals surface area (Å²) >= 11 is 0. The molecule has 1 heterocycles. The van der Waals surface area contributed by atoms with Gasteiger partial charge in [0.1, 0.15) is 5.75 Å². The van der Waals surface area contributed by atoms with Crippen molar-refractivity contribution in [2.45, 2.75) is 50.0 Å². The lowest BCUT2D eigenvalue weighted by molar-refractivity contribution is 0.0789. The number of carbonyl (C=O) groups excluding carboxylic acids is 1. The van der Waals surface area contributed by atoms with E-state index in [-0.39, 0.29) is 22.4 Å². The van der Waals surface area contributed by atoms with Crippen LogP contribution in [-0.2, 0) is 22.9 Å². The third kappa shape index (κ3) is 4.09. The maximum absolute atomic E-state index is 13.1. The Labute approximate surface area is 178 Å². The van der Waals surface area contributed by atoms with Gasteiger partial charge in [-0.25, -0.2) is 13.1 Å². The van der Waals surface area contributed by atoms with Gasteiger partial charge in [0.25, 0.3) is 5.91 Å². The summed E-state index contributed by atoms with van der Waals surface area (Å²) in [6.45, 7) is 3.22. The molecule has 1 N–H and O–H groups in total. The number of benzene rings is 2. The fraction of sp³-hybridized carbons (Fsp3) is 0.435. The minimum atomic E-state index is -3.80. The SMILES string of the molecule is COc1ccc(S(=O)(=O)N[C@H](C)c2ccc3c(c2)CCC3)cc1C(=O)N1CCCC1. The monoisotopic (exact) mass is 428 g/mol. The molecule has 1 atom stereocenters. The molecule has 0 bridgehead atoms. The third-order valence-corrected chi connectivity index (χ3v) is 7.60. The minimum absolute atomic E-state index is 0.0684. The molecule has 160 valence electrons. The van der Waals surface area contributed by atoms with E-state index in [1.54, 1.807) is 11.0 Å². The predicted octanol–water partition coefficient (Wildman–Crippen LogP) is 3.46. The highest BCUT2D eigenvalue weighted by Crippen LogP contribution is 2.28. The van der Waals surface area contributed by atoms with Crippen LogP contribution in [0.2, 0.25) is 0 Å². The quantitative estimate of drug-likeness (QED) is 0.765. The Balaban J connectivity index is 1.59. The maximum atomic E-state index is 13.1. The fourth-order valence-electron chi connectivity index (χ4n) is 4.34. The summed E-state index contributed by atoms with van der Waals surface area (Å²) in [7, 11) is -2.32. The number of aryl methyl sites for hydroxylation is 2. The number of ether oxygens (including phenoxy) is 1. The molecular weight excluding hydrogens is 400 g/mol. The van der Waals surface area contributed by atoms with Crippen molar-refractivity contribution in [3.63, 3.8) is 0 Å². The van der Waals surface area contributed by atoms with Crippen LogP contribution in [0.4, 0.5) is 0 Å². The molecule has 0 radical (unpaired) electrons. The van der Waals surface area contributed by atoms with Gasteiger partial charge < -0.3 is 9.64 Å². The second kappa shape index (κ2) is 8.40. The molecule has 1 fully saturated rings. The van der Waals surface area contributed by atoms with Gasteiger partial charge >= 0.3 is 0 Å². The molecule has 6 nitrogen and oxygen atoms in total. The van der Waals surface area contributed by atoms with Gasteiger partial charge in [0.05, 0.1) is 17.6 Å². The molecule has 2 aromatic rings. The maximum Gasteiger partial charge on any atom is 0.257 e. The first-order valence-electron chi connectivity index (χ1n) is 10.5. The number of methoxy groups -OCH3 is 1. The molecule has 0 spiro atoms. The Morgan fingerprint density at radius 2 is 1.77 bits per heavy atom. The van der Waals surface area contributed by atoms with Crippen molar-refractivity contribution in [3.8, 4) is 5.75 Å². The second-order valence-electron chi connectivity index (χ2n) is 8.09. The summed E-state index contributed by atoms with van der Waals surface area (Å²) < 4.78 is 34.2. The van der Waals surface area contributed by atoms with E-state index in [0.717, 1.165) is 37.7 Å². The van der Waals surface area contributed by atoms with Crippen LogP contribution in [-0.4, -0.2) is 39.4 Å². The molecule has 1 aliphatic carbocycles. The summed E-state index contributed by atoms with van der Waals surface area (Å²) in [5.74, 6) is 0.200. The zero-order chi connectivity index (χ0) is 21.3. The van der Waals surface area contributed by atoms with Crippen LogP contribution in [0, 0.1) is 0 Å². The number of nitrogens with one attached hydrogen (secondary N) is 1. The molecule has 4 rings (SSSR count). The second-order valence-corrected chi connectivity index (χ2v) is 9.80. The molecular formula is C23H28N2O4S. The van der Waals surface area contributed by atoms with Gasteiger partial charge in [0.15, 0.2) is 0 Å². The normalized spacial score (nSPS) is 17.1. The molecule has 7 heteroatoms. The number of rotatable bonds is 6. The van der Waals surface area contributed by atoms with Crippen LogP contribution in [0.5, 0.6) is 5.75 Å². The first-order chi connectivity index (χ1) is 14.4. The fourth-order valence-corrected chi connectivity index (χ4v) is 5.60. The van der Waals surface area contributed by atoms with E-state index in [4.69, 9.17) is 4.74 Å². The zero-order valence-electron chi connectivity index (χ0n) is 17.5. The highest BCUT2D eigenvalue weighted by Gasteiger charge is 2.26. The lowest BCUT2D eigenvalue weighted by atomic mass is 10.0. The van der Waals surface area contributed by atoms with E-state index < -0.39 is 10.0 Å². The summed E-state index contributed by atoms with van der Waals surface area (Å²) in [6.07, 6.45) is 5.22. The van der Waals surface area contributed by atoms with Crippen LogP contribution >= 0.6 is 0 Å². The van der Waals surface area contributed by atoms with Gasteiger partial charge in [-0.15, -0.1) is 0 Å². The van der Waals surface area contributed by atoms with E-state index in [0.29, 0.717) is 18.8 Å². The number of sulfonamides is 1. The van der Waals surface area contributed by atoms with Crippen molar-refractivity contribution in [1.29, 1.82) is 0 Å². The molecule has 1 amide bonds. The minimum Gasteiger partial charge on any atom is -0.496 e. The number of likely N-dealkylation sites (tertiary alicyclic amines) is 1. The van der Waals surface area contributed by atoms with E-state index in [9.17, 15) is 13.2 Å². The molecule has 2 aromatic carbocycles. The van der Waals surface area contributed by atoms with Gasteiger partial charge in [-0.1, -0.05) is 18.2 Å². The molecule has 1 aliphatic heterocycles. The van der Waals surface area contributed by atoms with Crippen molar-refractivity contribution >= 4 is 15.9 Å². The smallest absolute Gasteiger partial charge is 0.257 e. The number of nitrogens with zero attached hydrogens (tertiary/aromatic N) is 1. The summed E-state index contributed by atoms with van der Waals surface area (Å²) in [5, 5.41) is 0. The number of hydrogen-bond acceptors (Lipinski definition) is 4. The van der Waals surface area contributed by atoms with Crippen LogP contribution < -0.4 is 9.46 Å². The Morgan fingerprint density at radius 3 is 2.50 bits per heavy atom. The average molecular weight is 429 g/mol. The van der Waals surface area contributed by atoms with Crippen LogP contribution in [0.3, 0.4) is 0 Å². The van der Waals surface area contributed by atoms with Crippen molar-refractivity contribution in [3.05, 3.63) is 58.7 Å².